The number of nitrogens with zero attached hydrogens (tertiary/aromatic N) is 2. The van der Waals surface area contributed by atoms with E-state index in [0.717, 1.165) is 75.6 Å². The van der Waals surface area contributed by atoms with Gasteiger partial charge in [0, 0.05) is 55.1 Å². The molecule has 44 heavy (non-hydrogen) atoms. The molecule has 2 fully saturated rings. The van der Waals surface area contributed by atoms with Gasteiger partial charge in [-0.25, -0.2) is 0 Å². The maximum absolute atomic E-state index is 13.8. The van der Waals surface area contributed by atoms with Gasteiger partial charge in [-0.15, -0.1) is 6.58 Å². The van der Waals surface area contributed by atoms with Crippen molar-refractivity contribution in [3.63, 3.8) is 0 Å². The second kappa shape index (κ2) is 13.0. The standard InChI is InChI=1S/C37H48N2O5/c1-4-21-38-22-20-37-28-18-19-29(39(5-2)33(42)17-13-8-6-7-10-14-26-15-11-9-12-16-26)36(37)44-35-32(43-25(3)40)24-31(41)27(34(35)37)23-30(28)38/h4,9,11-12,15-16,24,28-30,36,41H,1,5-8,10,13-14,17-23H2,2-3H3/t28-,29+,30+,36-,37-/m0/s1. The first-order chi connectivity index (χ1) is 21.4. The van der Waals surface area contributed by atoms with Gasteiger partial charge in [0.15, 0.2) is 11.5 Å². The molecule has 1 N–H and O–H groups in total. The van der Waals surface area contributed by atoms with Gasteiger partial charge < -0.3 is 19.5 Å². The number of esters is 1. The van der Waals surface area contributed by atoms with Crippen LogP contribution < -0.4 is 9.47 Å². The molecule has 1 saturated heterocycles. The number of piperidine rings is 1. The molecule has 236 valence electrons. The number of likely N-dealkylation sites (N-methyl/N-ethyl adjacent to an activating group) is 1. The number of amides is 1. The number of rotatable bonds is 13. The normalized spacial score (nSPS) is 26.4. The molecule has 5 atom stereocenters. The molecule has 2 aliphatic carbocycles. The molecule has 7 heteroatoms. The molecule has 2 aromatic rings. The van der Waals surface area contributed by atoms with E-state index >= 15 is 0 Å². The van der Waals surface area contributed by atoms with Crippen LogP contribution in [-0.4, -0.2) is 64.6 Å². The Morgan fingerprint density at radius 3 is 2.68 bits per heavy atom. The highest BCUT2D eigenvalue weighted by Crippen LogP contribution is 2.65. The molecule has 2 aliphatic heterocycles. The van der Waals surface area contributed by atoms with Crippen molar-refractivity contribution >= 4 is 11.9 Å². The number of ether oxygens (including phenoxy) is 2. The van der Waals surface area contributed by atoms with E-state index in [4.69, 9.17) is 9.47 Å². The van der Waals surface area contributed by atoms with E-state index in [-0.39, 0.29) is 35.3 Å². The molecule has 2 heterocycles. The quantitative estimate of drug-likeness (QED) is 0.125. The summed E-state index contributed by atoms with van der Waals surface area (Å²) in [5.74, 6) is 1.17. The maximum atomic E-state index is 13.8. The van der Waals surface area contributed by atoms with Gasteiger partial charge in [-0.1, -0.05) is 55.7 Å². The first-order valence-corrected chi connectivity index (χ1v) is 16.8. The van der Waals surface area contributed by atoms with E-state index in [1.807, 2.05) is 6.08 Å². The highest BCUT2D eigenvalue weighted by molar-refractivity contribution is 5.77. The van der Waals surface area contributed by atoms with Crippen molar-refractivity contribution in [3.05, 3.63) is 65.7 Å². The first-order valence-electron chi connectivity index (χ1n) is 16.8. The number of likely N-dealkylation sites (tertiary alicyclic amines) is 1. The molecule has 1 spiro atoms. The van der Waals surface area contributed by atoms with Crippen LogP contribution in [0.15, 0.2) is 49.1 Å². The van der Waals surface area contributed by atoms with Crippen LogP contribution in [0, 0.1) is 5.92 Å². The third-order valence-corrected chi connectivity index (χ3v) is 10.9. The zero-order chi connectivity index (χ0) is 30.8. The summed E-state index contributed by atoms with van der Waals surface area (Å²) in [5, 5.41) is 11.2. The fourth-order valence-electron chi connectivity index (χ4n) is 9.11. The van der Waals surface area contributed by atoms with E-state index in [0.29, 0.717) is 30.4 Å². The van der Waals surface area contributed by atoms with Crippen molar-refractivity contribution in [1.82, 2.24) is 9.80 Å². The van der Waals surface area contributed by atoms with Gasteiger partial charge in [0.2, 0.25) is 5.91 Å². The molecule has 4 aliphatic rings. The molecular formula is C37H48N2O5. The number of benzene rings is 2. The summed E-state index contributed by atoms with van der Waals surface area (Å²) < 4.78 is 12.5. The summed E-state index contributed by atoms with van der Waals surface area (Å²) in [6, 6.07) is 12.4. The lowest BCUT2D eigenvalue weighted by atomic mass is 9.50. The number of phenolic OH excluding ortho intramolecular Hbond substituents is 1. The van der Waals surface area contributed by atoms with Gasteiger partial charge in [-0.05, 0) is 69.9 Å². The van der Waals surface area contributed by atoms with Gasteiger partial charge in [-0.2, -0.15) is 0 Å². The lowest BCUT2D eigenvalue weighted by molar-refractivity contribution is -0.142. The third-order valence-electron chi connectivity index (χ3n) is 10.9. The van der Waals surface area contributed by atoms with Crippen molar-refractivity contribution < 1.29 is 24.2 Å². The molecule has 1 amide bonds. The van der Waals surface area contributed by atoms with E-state index in [1.165, 1.54) is 25.3 Å². The number of aromatic hydroxyl groups is 1. The van der Waals surface area contributed by atoms with E-state index < -0.39 is 5.97 Å². The number of phenols is 1. The predicted molar refractivity (Wildman–Crippen MR) is 171 cm³/mol. The minimum atomic E-state index is -0.440. The molecule has 2 bridgehead atoms. The average molecular weight is 601 g/mol. The molecule has 1 saturated carbocycles. The average Bonchev–Trinajstić information content (AvgIpc) is 3.35. The first kappa shape index (κ1) is 30.7. The van der Waals surface area contributed by atoms with Crippen molar-refractivity contribution in [2.45, 2.75) is 108 Å². The van der Waals surface area contributed by atoms with Crippen molar-refractivity contribution in [1.29, 1.82) is 0 Å². The number of hydrogen-bond donors (Lipinski definition) is 1. The second-order valence-corrected chi connectivity index (χ2v) is 13.2. The SMILES string of the molecule is C=CCN1CC[C@]23c4c5c(O)cc(OC(C)=O)c4O[C@H]2[C@H](N(CC)C(=O)CCCCCCCc2ccccc2)CC[C@H]3[C@H]1C5. The Morgan fingerprint density at radius 1 is 1.16 bits per heavy atom. The Morgan fingerprint density at radius 2 is 1.93 bits per heavy atom. The summed E-state index contributed by atoms with van der Waals surface area (Å²) in [4.78, 5) is 30.4. The largest absolute Gasteiger partial charge is 0.508 e. The minimum Gasteiger partial charge on any atom is -0.508 e. The minimum absolute atomic E-state index is 0.0631. The smallest absolute Gasteiger partial charge is 0.308 e. The summed E-state index contributed by atoms with van der Waals surface area (Å²) in [6.07, 6.45) is 12.4. The van der Waals surface area contributed by atoms with Crippen LogP contribution in [0.25, 0.3) is 0 Å². The zero-order valence-corrected chi connectivity index (χ0v) is 26.4. The van der Waals surface area contributed by atoms with Gasteiger partial charge in [-0.3, -0.25) is 14.5 Å². The van der Waals surface area contributed by atoms with E-state index in [2.05, 4.69) is 53.6 Å². The monoisotopic (exact) mass is 600 g/mol. The lowest BCUT2D eigenvalue weighted by Crippen LogP contribution is -2.69. The predicted octanol–water partition coefficient (Wildman–Crippen LogP) is 6.34. The van der Waals surface area contributed by atoms with Crippen molar-refractivity contribution in [2.75, 3.05) is 19.6 Å². The summed E-state index contributed by atoms with van der Waals surface area (Å²) in [6.45, 7) is 9.81. The molecule has 0 unspecified atom stereocenters. The topological polar surface area (TPSA) is 79.3 Å². The van der Waals surface area contributed by atoms with E-state index in [1.54, 1.807) is 6.07 Å². The van der Waals surface area contributed by atoms with Gasteiger partial charge in [0.25, 0.3) is 0 Å². The zero-order valence-electron chi connectivity index (χ0n) is 26.4. The lowest BCUT2D eigenvalue weighted by Gasteiger charge is -2.60. The summed E-state index contributed by atoms with van der Waals surface area (Å²) in [5.41, 5.74) is 3.01. The molecular weight excluding hydrogens is 552 g/mol. The Bertz CT molecular complexity index is 1380. The highest BCUT2D eigenvalue weighted by atomic mass is 16.6. The van der Waals surface area contributed by atoms with Crippen molar-refractivity contribution in [3.8, 4) is 17.2 Å². The fourth-order valence-corrected chi connectivity index (χ4v) is 9.11. The van der Waals surface area contributed by atoms with Crippen molar-refractivity contribution in [2.24, 2.45) is 5.92 Å². The fraction of sp³-hybridized carbons (Fsp3) is 0.568. The number of carbonyl (C=O) groups excluding carboxylic acids is 2. The second-order valence-electron chi connectivity index (χ2n) is 13.2. The van der Waals surface area contributed by atoms with Gasteiger partial charge in [0.05, 0.1) is 6.04 Å². The van der Waals surface area contributed by atoms with Gasteiger partial charge in [0.1, 0.15) is 11.9 Å². The number of unbranched alkanes of at least 4 members (excludes halogenated alkanes) is 4. The molecule has 2 aromatic carbocycles. The van der Waals surface area contributed by atoms with E-state index in [9.17, 15) is 14.7 Å². The molecule has 0 radical (unpaired) electrons. The van der Waals surface area contributed by atoms with Crippen LogP contribution in [-0.2, 0) is 27.8 Å². The Kier molecular flexibility index (Phi) is 9.04. The van der Waals surface area contributed by atoms with Crippen LogP contribution in [0.5, 0.6) is 17.2 Å². The van der Waals surface area contributed by atoms with Gasteiger partial charge >= 0.3 is 5.97 Å². The summed E-state index contributed by atoms with van der Waals surface area (Å²) in [7, 11) is 0. The molecule has 7 nitrogen and oxygen atoms in total. The molecule has 0 aromatic heterocycles. The summed E-state index contributed by atoms with van der Waals surface area (Å²) >= 11 is 0. The van der Waals surface area contributed by atoms with Crippen LogP contribution in [0.4, 0.5) is 0 Å². The number of hydrogen-bond acceptors (Lipinski definition) is 6. The van der Waals surface area contributed by atoms with Crippen LogP contribution in [0.2, 0.25) is 0 Å². The molecule has 6 rings (SSSR count). The highest BCUT2D eigenvalue weighted by Gasteiger charge is 2.67. The Balaban J connectivity index is 1.18. The van der Waals surface area contributed by atoms with Crippen LogP contribution >= 0.6 is 0 Å². The third kappa shape index (κ3) is 5.42. The number of carbonyl (C=O) groups is 2. The maximum Gasteiger partial charge on any atom is 0.308 e. The van der Waals surface area contributed by atoms with Crippen LogP contribution in [0.3, 0.4) is 0 Å². The Hall–Kier alpha value is -3.32. The Labute approximate surface area is 262 Å². The number of aryl methyl sites for hydroxylation is 1. The van der Waals surface area contributed by atoms with Crippen LogP contribution in [0.1, 0.15) is 88.3 Å².